The molecule has 1 aromatic heterocycles. The number of aromatic nitrogens is 2. The number of carbonyl (C=O) groups is 1. The molecule has 0 bridgehead atoms. The highest BCUT2D eigenvalue weighted by Gasteiger charge is 2.10. The van der Waals surface area contributed by atoms with Crippen LogP contribution in [0.25, 0.3) is 0 Å². The van der Waals surface area contributed by atoms with Gasteiger partial charge in [0, 0.05) is 25.2 Å². The summed E-state index contributed by atoms with van der Waals surface area (Å²) >= 11 is 0. The molecule has 1 aromatic carbocycles. The molecule has 1 amide bonds. The zero-order valence-electron chi connectivity index (χ0n) is 10.2. The standard InChI is InChI=1S/C12H12F2N4O/c1-18-10(12(15)19)5-11(17-18)16-6-7-4-8(13)2-3-9(7)14/h2-5H,6H2,1H3,(H2,15,19)(H,16,17). The molecule has 2 rings (SSSR count). The lowest BCUT2D eigenvalue weighted by molar-refractivity contribution is 0.0991. The first-order valence-electron chi connectivity index (χ1n) is 5.49. The van der Waals surface area contributed by atoms with Gasteiger partial charge in [-0.05, 0) is 18.2 Å². The van der Waals surface area contributed by atoms with Crippen molar-refractivity contribution in [2.45, 2.75) is 6.54 Å². The van der Waals surface area contributed by atoms with Crippen molar-refractivity contribution in [3.05, 3.63) is 47.2 Å². The molecule has 0 aliphatic carbocycles. The van der Waals surface area contributed by atoms with Crippen LogP contribution < -0.4 is 11.1 Å². The number of benzene rings is 1. The Bertz CT molecular complexity index is 624. The van der Waals surface area contributed by atoms with E-state index in [1.807, 2.05) is 0 Å². The van der Waals surface area contributed by atoms with Crippen molar-refractivity contribution in [3.63, 3.8) is 0 Å². The summed E-state index contributed by atoms with van der Waals surface area (Å²) < 4.78 is 27.7. The smallest absolute Gasteiger partial charge is 0.267 e. The van der Waals surface area contributed by atoms with Crippen LogP contribution in [-0.4, -0.2) is 15.7 Å². The topological polar surface area (TPSA) is 72.9 Å². The van der Waals surface area contributed by atoms with Crippen molar-refractivity contribution >= 4 is 11.7 Å². The Kier molecular flexibility index (Phi) is 3.46. The van der Waals surface area contributed by atoms with Crippen LogP contribution in [-0.2, 0) is 13.6 Å². The highest BCUT2D eigenvalue weighted by Crippen LogP contribution is 2.13. The number of rotatable bonds is 4. The molecule has 0 aliphatic heterocycles. The van der Waals surface area contributed by atoms with Gasteiger partial charge in [-0.2, -0.15) is 5.10 Å². The number of nitrogens with one attached hydrogen (secondary N) is 1. The summed E-state index contributed by atoms with van der Waals surface area (Å²) in [5, 5.41) is 6.79. The van der Waals surface area contributed by atoms with Gasteiger partial charge in [-0.15, -0.1) is 0 Å². The third-order valence-electron chi connectivity index (χ3n) is 2.60. The van der Waals surface area contributed by atoms with Crippen molar-refractivity contribution in [2.24, 2.45) is 12.8 Å². The van der Waals surface area contributed by atoms with Crippen molar-refractivity contribution < 1.29 is 13.6 Å². The highest BCUT2D eigenvalue weighted by molar-refractivity contribution is 5.91. The SMILES string of the molecule is Cn1nc(NCc2cc(F)ccc2F)cc1C(N)=O. The summed E-state index contributed by atoms with van der Waals surface area (Å²) in [7, 11) is 1.56. The van der Waals surface area contributed by atoms with E-state index in [9.17, 15) is 13.6 Å². The number of amides is 1. The molecule has 0 unspecified atom stereocenters. The Labute approximate surface area is 108 Å². The molecule has 5 nitrogen and oxygen atoms in total. The summed E-state index contributed by atoms with van der Waals surface area (Å²) in [4.78, 5) is 11.0. The van der Waals surface area contributed by atoms with E-state index in [0.29, 0.717) is 5.82 Å². The molecule has 0 atom stereocenters. The number of nitrogens with zero attached hydrogens (tertiary/aromatic N) is 2. The molecule has 2 aromatic rings. The second kappa shape index (κ2) is 5.05. The lowest BCUT2D eigenvalue weighted by atomic mass is 10.2. The van der Waals surface area contributed by atoms with E-state index in [4.69, 9.17) is 5.73 Å². The minimum absolute atomic E-state index is 0.0544. The minimum Gasteiger partial charge on any atom is -0.364 e. The predicted octanol–water partition coefficient (Wildman–Crippen LogP) is 1.41. The fourth-order valence-electron chi connectivity index (χ4n) is 1.65. The average molecular weight is 266 g/mol. The van der Waals surface area contributed by atoms with E-state index in [0.717, 1.165) is 18.2 Å². The lowest BCUT2D eigenvalue weighted by Gasteiger charge is -2.04. The van der Waals surface area contributed by atoms with Gasteiger partial charge in [0.15, 0.2) is 0 Å². The molecule has 0 radical (unpaired) electrons. The first kappa shape index (κ1) is 13.0. The van der Waals surface area contributed by atoms with Crippen LogP contribution in [0.1, 0.15) is 16.1 Å². The van der Waals surface area contributed by atoms with Crippen molar-refractivity contribution in [2.75, 3.05) is 5.32 Å². The van der Waals surface area contributed by atoms with E-state index >= 15 is 0 Å². The van der Waals surface area contributed by atoms with Gasteiger partial charge in [-0.1, -0.05) is 0 Å². The van der Waals surface area contributed by atoms with Gasteiger partial charge < -0.3 is 11.1 Å². The third-order valence-corrected chi connectivity index (χ3v) is 2.60. The first-order valence-corrected chi connectivity index (χ1v) is 5.49. The van der Waals surface area contributed by atoms with Crippen LogP contribution in [0.4, 0.5) is 14.6 Å². The molecule has 0 fully saturated rings. The third kappa shape index (κ3) is 2.87. The monoisotopic (exact) mass is 266 g/mol. The maximum atomic E-state index is 13.4. The Hall–Kier alpha value is -2.44. The summed E-state index contributed by atoms with van der Waals surface area (Å²) in [6.07, 6.45) is 0. The molecular weight excluding hydrogens is 254 g/mol. The van der Waals surface area contributed by atoms with Crippen LogP contribution in [0.2, 0.25) is 0 Å². The van der Waals surface area contributed by atoms with Crippen LogP contribution in [0, 0.1) is 11.6 Å². The Morgan fingerprint density at radius 2 is 2.16 bits per heavy atom. The highest BCUT2D eigenvalue weighted by atomic mass is 19.1. The number of aryl methyl sites for hydroxylation is 1. The van der Waals surface area contributed by atoms with Crippen molar-refractivity contribution in [3.8, 4) is 0 Å². The average Bonchev–Trinajstić information content (AvgIpc) is 2.72. The van der Waals surface area contributed by atoms with Gasteiger partial charge >= 0.3 is 0 Å². The van der Waals surface area contributed by atoms with Crippen LogP contribution in [0.5, 0.6) is 0 Å². The molecular formula is C12H12F2N4O. The van der Waals surface area contributed by atoms with E-state index in [1.165, 1.54) is 10.7 Å². The van der Waals surface area contributed by atoms with Gasteiger partial charge in [0.25, 0.3) is 5.91 Å². The van der Waals surface area contributed by atoms with Crippen molar-refractivity contribution in [1.82, 2.24) is 9.78 Å². The fourth-order valence-corrected chi connectivity index (χ4v) is 1.65. The van der Waals surface area contributed by atoms with Crippen molar-refractivity contribution in [1.29, 1.82) is 0 Å². The molecule has 100 valence electrons. The number of hydrogen-bond acceptors (Lipinski definition) is 3. The molecule has 3 N–H and O–H groups in total. The Morgan fingerprint density at radius 3 is 2.79 bits per heavy atom. The number of halogens is 2. The quantitative estimate of drug-likeness (QED) is 0.878. The van der Waals surface area contributed by atoms with Gasteiger partial charge in [-0.25, -0.2) is 8.78 Å². The molecule has 1 heterocycles. The number of hydrogen-bond donors (Lipinski definition) is 2. The normalized spacial score (nSPS) is 10.5. The summed E-state index contributed by atoms with van der Waals surface area (Å²) in [5.74, 6) is -1.28. The summed E-state index contributed by atoms with van der Waals surface area (Å²) in [6, 6.07) is 4.64. The van der Waals surface area contributed by atoms with E-state index in [2.05, 4.69) is 10.4 Å². The molecule has 19 heavy (non-hydrogen) atoms. The minimum atomic E-state index is -0.611. The lowest BCUT2D eigenvalue weighted by Crippen LogP contribution is -2.15. The molecule has 0 saturated heterocycles. The number of primary amides is 1. The van der Waals surface area contributed by atoms with Crippen LogP contribution in [0.3, 0.4) is 0 Å². The maximum Gasteiger partial charge on any atom is 0.267 e. The second-order valence-electron chi connectivity index (χ2n) is 3.99. The van der Waals surface area contributed by atoms with Crippen LogP contribution >= 0.6 is 0 Å². The summed E-state index contributed by atoms with van der Waals surface area (Å²) in [6.45, 7) is 0.0544. The second-order valence-corrected chi connectivity index (χ2v) is 3.99. The van der Waals surface area contributed by atoms with Gasteiger partial charge in [-0.3, -0.25) is 9.48 Å². The van der Waals surface area contributed by atoms with Gasteiger partial charge in [0.2, 0.25) is 0 Å². The first-order chi connectivity index (χ1) is 8.97. The van der Waals surface area contributed by atoms with Gasteiger partial charge in [0.05, 0.1) is 0 Å². The zero-order valence-corrected chi connectivity index (χ0v) is 10.2. The fraction of sp³-hybridized carbons (Fsp3) is 0.167. The van der Waals surface area contributed by atoms with E-state index < -0.39 is 17.5 Å². The van der Waals surface area contributed by atoms with Gasteiger partial charge in [0.1, 0.15) is 23.1 Å². The van der Waals surface area contributed by atoms with E-state index in [-0.39, 0.29) is 17.8 Å². The molecule has 7 heteroatoms. The Morgan fingerprint density at radius 1 is 1.42 bits per heavy atom. The Balaban J connectivity index is 2.12. The molecule has 0 aliphatic rings. The predicted molar refractivity (Wildman–Crippen MR) is 65.4 cm³/mol. The molecule has 0 saturated carbocycles. The number of nitrogens with two attached hydrogens (primary N) is 1. The maximum absolute atomic E-state index is 13.4. The summed E-state index contributed by atoms with van der Waals surface area (Å²) in [5.41, 5.74) is 5.54. The largest absolute Gasteiger partial charge is 0.364 e. The van der Waals surface area contributed by atoms with E-state index in [1.54, 1.807) is 7.05 Å². The number of anilines is 1. The number of carbonyl (C=O) groups excluding carboxylic acids is 1. The molecule has 0 spiro atoms. The zero-order chi connectivity index (χ0) is 14.0. The van der Waals surface area contributed by atoms with Crippen LogP contribution in [0.15, 0.2) is 24.3 Å².